The third-order valence-electron chi connectivity index (χ3n) is 5.58. The van der Waals surface area contributed by atoms with Crippen LogP contribution >= 0.6 is 0 Å². The molecule has 136 valence electrons. The van der Waals surface area contributed by atoms with E-state index in [1.165, 1.54) is 25.7 Å². The largest absolute Gasteiger partial charge is 0.341 e. The molecule has 0 spiro atoms. The van der Waals surface area contributed by atoms with Crippen LogP contribution in [-0.4, -0.2) is 46.2 Å². The van der Waals surface area contributed by atoms with Gasteiger partial charge < -0.3 is 9.80 Å². The van der Waals surface area contributed by atoms with E-state index in [0.29, 0.717) is 32.0 Å². The van der Waals surface area contributed by atoms with Gasteiger partial charge >= 0.3 is 0 Å². The molecule has 1 aromatic heterocycles. The maximum absolute atomic E-state index is 12.9. The summed E-state index contributed by atoms with van der Waals surface area (Å²) in [4.78, 5) is 33.2. The minimum atomic E-state index is -0.0670. The Labute approximate surface area is 150 Å². The van der Waals surface area contributed by atoms with E-state index in [-0.39, 0.29) is 17.7 Å². The fourth-order valence-electron chi connectivity index (χ4n) is 4.15. The smallest absolute Gasteiger partial charge is 0.227 e. The molecule has 0 bridgehead atoms. The molecular formula is C20H29N3O2. The Morgan fingerprint density at radius 1 is 1.24 bits per heavy atom. The number of nitrogens with zero attached hydrogens (tertiary/aromatic N) is 3. The number of likely N-dealkylation sites (tertiary alicyclic amines) is 1. The number of aromatic nitrogens is 1. The van der Waals surface area contributed by atoms with Crippen molar-refractivity contribution < 1.29 is 9.59 Å². The third kappa shape index (κ3) is 4.59. The first-order valence-electron chi connectivity index (χ1n) is 9.58. The van der Waals surface area contributed by atoms with Crippen LogP contribution in [0, 0.1) is 5.92 Å². The standard InChI is InChI=1S/C20H29N3O2/c1-22(14-16-7-6-12-21-13-16)20(25)17-10-11-19(24)23(15-17)18-8-4-2-3-5-9-18/h6-7,12-13,17-18H,2-5,8-11,14-15H2,1H3/t17-/m1/s1. The highest BCUT2D eigenvalue weighted by Gasteiger charge is 2.35. The predicted molar refractivity (Wildman–Crippen MR) is 96.6 cm³/mol. The van der Waals surface area contributed by atoms with Gasteiger partial charge in [0.1, 0.15) is 0 Å². The highest BCUT2D eigenvalue weighted by atomic mass is 16.2. The van der Waals surface area contributed by atoms with Gasteiger partial charge in [0.25, 0.3) is 0 Å². The van der Waals surface area contributed by atoms with Crippen LogP contribution in [0.1, 0.15) is 56.9 Å². The van der Waals surface area contributed by atoms with Crippen LogP contribution in [0.2, 0.25) is 0 Å². The van der Waals surface area contributed by atoms with Gasteiger partial charge in [0, 0.05) is 45.0 Å². The van der Waals surface area contributed by atoms with Gasteiger partial charge in [-0.3, -0.25) is 14.6 Å². The summed E-state index contributed by atoms with van der Waals surface area (Å²) in [6.07, 6.45) is 11.9. The Hall–Kier alpha value is -1.91. The summed E-state index contributed by atoms with van der Waals surface area (Å²) in [5.74, 6) is 0.323. The molecule has 2 heterocycles. The number of carbonyl (C=O) groups excluding carboxylic acids is 2. The van der Waals surface area contributed by atoms with Crippen LogP contribution in [-0.2, 0) is 16.1 Å². The Kier molecular flexibility index (Phi) is 6.05. The lowest BCUT2D eigenvalue weighted by molar-refractivity contribution is -0.144. The Bertz CT molecular complexity index is 582. The monoisotopic (exact) mass is 343 g/mol. The highest BCUT2D eigenvalue weighted by Crippen LogP contribution is 2.28. The summed E-state index contributed by atoms with van der Waals surface area (Å²) >= 11 is 0. The molecule has 1 atom stereocenters. The lowest BCUT2D eigenvalue weighted by atomic mass is 9.93. The molecular weight excluding hydrogens is 314 g/mol. The molecule has 0 N–H and O–H groups in total. The molecule has 0 aromatic carbocycles. The van der Waals surface area contributed by atoms with Gasteiger partial charge in [-0.05, 0) is 30.9 Å². The molecule has 1 aromatic rings. The number of amides is 2. The van der Waals surface area contributed by atoms with Crippen molar-refractivity contribution >= 4 is 11.8 Å². The van der Waals surface area contributed by atoms with E-state index < -0.39 is 0 Å². The summed E-state index contributed by atoms with van der Waals surface area (Å²) in [6.45, 7) is 1.17. The van der Waals surface area contributed by atoms with Gasteiger partial charge in [0.2, 0.25) is 11.8 Å². The minimum Gasteiger partial charge on any atom is -0.341 e. The van der Waals surface area contributed by atoms with E-state index in [1.807, 2.05) is 24.1 Å². The number of piperidine rings is 1. The zero-order valence-electron chi connectivity index (χ0n) is 15.2. The zero-order valence-corrected chi connectivity index (χ0v) is 15.2. The fourth-order valence-corrected chi connectivity index (χ4v) is 4.15. The van der Waals surface area contributed by atoms with E-state index in [1.54, 1.807) is 17.3 Å². The molecule has 3 rings (SSSR count). The Morgan fingerprint density at radius 3 is 2.68 bits per heavy atom. The molecule has 1 aliphatic carbocycles. The van der Waals surface area contributed by atoms with E-state index >= 15 is 0 Å². The second-order valence-corrected chi connectivity index (χ2v) is 7.48. The van der Waals surface area contributed by atoms with Crippen LogP contribution in [0.15, 0.2) is 24.5 Å². The average molecular weight is 343 g/mol. The van der Waals surface area contributed by atoms with E-state index in [0.717, 1.165) is 18.4 Å². The summed E-state index contributed by atoms with van der Waals surface area (Å²) < 4.78 is 0. The maximum Gasteiger partial charge on any atom is 0.227 e. The van der Waals surface area contributed by atoms with Crippen molar-refractivity contribution in [3.8, 4) is 0 Å². The maximum atomic E-state index is 12.9. The zero-order chi connectivity index (χ0) is 17.6. The van der Waals surface area contributed by atoms with Crippen molar-refractivity contribution in [1.29, 1.82) is 0 Å². The SMILES string of the molecule is CN(Cc1cccnc1)C(=O)[C@@H]1CCC(=O)N(C2CCCCCC2)C1. The number of carbonyl (C=O) groups is 2. The van der Waals surface area contributed by atoms with Crippen molar-refractivity contribution in [2.45, 2.75) is 64.0 Å². The Balaban J connectivity index is 1.61. The quantitative estimate of drug-likeness (QED) is 0.790. The normalized spacial score (nSPS) is 22.5. The molecule has 5 nitrogen and oxygen atoms in total. The van der Waals surface area contributed by atoms with Gasteiger partial charge in [0.05, 0.1) is 5.92 Å². The molecule has 25 heavy (non-hydrogen) atoms. The second kappa shape index (κ2) is 8.45. The second-order valence-electron chi connectivity index (χ2n) is 7.48. The summed E-state index contributed by atoms with van der Waals surface area (Å²) in [5, 5.41) is 0. The lowest BCUT2D eigenvalue weighted by Gasteiger charge is -2.38. The molecule has 2 aliphatic rings. The first kappa shape index (κ1) is 17.9. The highest BCUT2D eigenvalue weighted by molar-refractivity contribution is 5.84. The molecule has 1 aliphatic heterocycles. The predicted octanol–water partition coefficient (Wildman–Crippen LogP) is 3.00. The van der Waals surface area contributed by atoms with E-state index in [9.17, 15) is 9.59 Å². The molecule has 1 saturated carbocycles. The van der Waals surface area contributed by atoms with Gasteiger partial charge in [-0.2, -0.15) is 0 Å². The van der Waals surface area contributed by atoms with Crippen molar-refractivity contribution in [1.82, 2.24) is 14.8 Å². The van der Waals surface area contributed by atoms with Crippen LogP contribution in [0.3, 0.4) is 0 Å². The van der Waals surface area contributed by atoms with Crippen molar-refractivity contribution in [3.63, 3.8) is 0 Å². The number of pyridine rings is 1. The first-order chi connectivity index (χ1) is 12.1. The van der Waals surface area contributed by atoms with Gasteiger partial charge in [-0.1, -0.05) is 31.7 Å². The minimum absolute atomic E-state index is 0.0670. The molecule has 2 amide bonds. The van der Waals surface area contributed by atoms with E-state index in [2.05, 4.69) is 4.98 Å². The van der Waals surface area contributed by atoms with Crippen molar-refractivity contribution in [2.75, 3.05) is 13.6 Å². The summed E-state index contributed by atoms with van der Waals surface area (Å²) in [5.41, 5.74) is 1.03. The van der Waals surface area contributed by atoms with Crippen molar-refractivity contribution in [3.05, 3.63) is 30.1 Å². The van der Waals surface area contributed by atoms with Crippen LogP contribution in [0.4, 0.5) is 0 Å². The third-order valence-corrected chi connectivity index (χ3v) is 5.58. The van der Waals surface area contributed by atoms with Gasteiger partial charge in [-0.25, -0.2) is 0 Å². The topological polar surface area (TPSA) is 53.5 Å². The van der Waals surface area contributed by atoms with Crippen molar-refractivity contribution in [2.24, 2.45) is 5.92 Å². The number of rotatable bonds is 4. The van der Waals surface area contributed by atoms with Crippen LogP contribution in [0.5, 0.6) is 0 Å². The van der Waals surface area contributed by atoms with Gasteiger partial charge in [0.15, 0.2) is 0 Å². The molecule has 5 heteroatoms. The average Bonchev–Trinajstić information content (AvgIpc) is 2.91. The molecule has 2 fully saturated rings. The van der Waals surface area contributed by atoms with Crippen LogP contribution in [0.25, 0.3) is 0 Å². The van der Waals surface area contributed by atoms with Crippen LogP contribution < -0.4 is 0 Å². The molecule has 1 saturated heterocycles. The fraction of sp³-hybridized carbons (Fsp3) is 0.650. The molecule has 0 unspecified atom stereocenters. The van der Waals surface area contributed by atoms with E-state index in [4.69, 9.17) is 0 Å². The number of hydrogen-bond donors (Lipinski definition) is 0. The number of hydrogen-bond acceptors (Lipinski definition) is 3. The molecule has 0 radical (unpaired) electrons. The summed E-state index contributed by atoms with van der Waals surface area (Å²) in [7, 11) is 1.85. The van der Waals surface area contributed by atoms with Gasteiger partial charge in [-0.15, -0.1) is 0 Å². The first-order valence-corrected chi connectivity index (χ1v) is 9.58. The Morgan fingerprint density at radius 2 is 2.00 bits per heavy atom. The summed E-state index contributed by atoms with van der Waals surface area (Å²) in [6, 6.07) is 4.22. The lowest BCUT2D eigenvalue weighted by Crippen LogP contribution is -2.50.